The van der Waals surface area contributed by atoms with Crippen molar-refractivity contribution in [2.45, 2.75) is 40.7 Å². The predicted octanol–water partition coefficient (Wildman–Crippen LogP) is 3.10. The number of hydrogen-bond donors (Lipinski definition) is 2. The Kier molecular flexibility index (Phi) is 7.03. The highest BCUT2D eigenvalue weighted by molar-refractivity contribution is 6.30. The molecule has 0 radical (unpaired) electrons. The Morgan fingerprint density at radius 1 is 1.27 bits per heavy atom. The number of benzene rings is 1. The van der Waals surface area contributed by atoms with Gasteiger partial charge in [-0.2, -0.15) is 0 Å². The Morgan fingerprint density at radius 3 is 2.65 bits per heavy atom. The number of rotatable bonds is 7. The smallest absolute Gasteiger partial charge is 0.191 e. The van der Waals surface area contributed by atoms with Crippen molar-refractivity contribution in [1.82, 2.24) is 25.4 Å². The second-order valence-electron chi connectivity index (χ2n) is 7.24. The molecule has 1 heterocycles. The van der Waals surface area contributed by atoms with E-state index in [1.54, 1.807) is 0 Å². The summed E-state index contributed by atoms with van der Waals surface area (Å²) in [4.78, 5) is 4.63. The second kappa shape index (κ2) is 9.03. The van der Waals surface area contributed by atoms with Crippen LogP contribution in [0.2, 0.25) is 5.02 Å². The molecule has 0 aliphatic heterocycles. The largest absolute Gasteiger partial charge is 0.357 e. The van der Waals surface area contributed by atoms with E-state index in [0.29, 0.717) is 6.54 Å². The van der Waals surface area contributed by atoms with E-state index in [2.05, 4.69) is 52.7 Å². The molecule has 0 unspecified atom stereocenters. The Hall–Kier alpha value is -2.08. The van der Waals surface area contributed by atoms with Crippen LogP contribution in [-0.2, 0) is 20.0 Å². The normalized spacial score (nSPS) is 12.3. The van der Waals surface area contributed by atoms with Crippen molar-refractivity contribution in [3.8, 4) is 0 Å². The lowest BCUT2D eigenvalue weighted by Gasteiger charge is -2.26. The summed E-state index contributed by atoms with van der Waals surface area (Å²) in [6.07, 6.45) is 0.933. The first-order valence-corrected chi connectivity index (χ1v) is 9.30. The van der Waals surface area contributed by atoms with E-state index in [1.807, 2.05) is 36.7 Å². The number of hydrogen-bond acceptors (Lipinski definition) is 3. The molecule has 0 atom stereocenters. The standard InChI is InChI=1S/C19H29ClN6/c1-6-21-18(22-12-17-25-24-14(2)26(17)5)23-13-19(3,4)11-15-8-7-9-16(20)10-15/h7-10H,6,11-13H2,1-5H3,(H2,21,22,23). The molecule has 0 fully saturated rings. The first kappa shape index (κ1) is 20.2. The van der Waals surface area contributed by atoms with E-state index in [-0.39, 0.29) is 5.41 Å². The minimum absolute atomic E-state index is 0.0578. The minimum Gasteiger partial charge on any atom is -0.357 e. The van der Waals surface area contributed by atoms with Gasteiger partial charge in [0.25, 0.3) is 0 Å². The molecule has 142 valence electrons. The Bertz CT molecular complexity index is 750. The van der Waals surface area contributed by atoms with Gasteiger partial charge in [-0.25, -0.2) is 4.99 Å². The first-order valence-electron chi connectivity index (χ1n) is 8.92. The molecule has 2 aromatic rings. The number of aliphatic imine (C=N–C) groups is 1. The van der Waals surface area contributed by atoms with Crippen molar-refractivity contribution in [3.05, 3.63) is 46.5 Å². The fraction of sp³-hybridized carbons (Fsp3) is 0.526. The zero-order valence-corrected chi connectivity index (χ0v) is 17.1. The molecule has 1 aromatic carbocycles. The van der Waals surface area contributed by atoms with Crippen molar-refractivity contribution >= 4 is 17.6 Å². The van der Waals surface area contributed by atoms with Crippen LogP contribution in [0.3, 0.4) is 0 Å². The monoisotopic (exact) mass is 376 g/mol. The van der Waals surface area contributed by atoms with Crippen LogP contribution < -0.4 is 10.6 Å². The molecule has 0 bridgehead atoms. The maximum atomic E-state index is 6.10. The number of halogens is 1. The summed E-state index contributed by atoms with van der Waals surface area (Å²) >= 11 is 6.10. The molecule has 0 amide bonds. The van der Waals surface area contributed by atoms with Crippen LogP contribution in [0.5, 0.6) is 0 Å². The highest BCUT2D eigenvalue weighted by Crippen LogP contribution is 2.22. The number of nitrogens with one attached hydrogen (secondary N) is 2. The SMILES string of the molecule is CCNC(=NCc1nnc(C)n1C)NCC(C)(C)Cc1cccc(Cl)c1. The van der Waals surface area contributed by atoms with E-state index in [9.17, 15) is 0 Å². The summed E-state index contributed by atoms with van der Waals surface area (Å²) in [6, 6.07) is 8.04. The molecular formula is C19H29ClN6. The highest BCUT2D eigenvalue weighted by Gasteiger charge is 2.19. The molecule has 1 aromatic heterocycles. The minimum atomic E-state index is 0.0578. The van der Waals surface area contributed by atoms with Crippen LogP contribution in [0.25, 0.3) is 0 Å². The van der Waals surface area contributed by atoms with E-state index in [4.69, 9.17) is 11.6 Å². The van der Waals surface area contributed by atoms with Gasteiger partial charge in [0.05, 0.1) is 0 Å². The highest BCUT2D eigenvalue weighted by atomic mass is 35.5. The predicted molar refractivity (Wildman–Crippen MR) is 107 cm³/mol. The van der Waals surface area contributed by atoms with Crippen molar-refractivity contribution in [2.24, 2.45) is 17.5 Å². The molecule has 0 aliphatic rings. The van der Waals surface area contributed by atoms with Gasteiger partial charge >= 0.3 is 0 Å². The maximum Gasteiger partial charge on any atom is 0.191 e. The van der Waals surface area contributed by atoms with Gasteiger partial charge in [-0.15, -0.1) is 10.2 Å². The molecule has 0 saturated carbocycles. The summed E-state index contributed by atoms with van der Waals surface area (Å²) in [7, 11) is 1.95. The van der Waals surface area contributed by atoms with Crippen LogP contribution in [-0.4, -0.2) is 33.8 Å². The Balaban J connectivity index is 1.97. The lowest BCUT2D eigenvalue weighted by Crippen LogP contribution is -2.42. The molecule has 0 aliphatic carbocycles. The van der Waals surface area contributed by atoms with E-state index < -0.39 is 0 Å². The van der Waals surface area contributed by atoms with Gasteiger partial charge in [0.2, 0.25) is 0 Å². The second-order valence-corrected chi connectivity index (χ2v) is 7.68. The molecule has 6 nitrogen and oxygen atoms in total. The van der Waals surface area contributed by atoms with Crippen LogP contribution >= 0.6 is 11.6 Å². The van der Waals surface area contributed by atoms with E-state index in [1.165, 1.54) is 5.56 Å². The Labute approximate surface area is 161 Å². The molecule has 7 heteroatoms. The van der Waals surface area contributed by atoms with Crippen molar-refractivity contribution in [1.29, 1.82) is 0 Å². The summed E-state index contributed by atoms with van der Waals surface area (Å²) in [6.45, 7) is 10.5. The van der Waals surface area contributed by atoms with Gasteiger partial charge in [0.15, 0.2) is 11.8 Å². The average Bonchev–Trinajstić information content (AvgIpc) is 2.89. The van der Waals surface area contributed by atoms with Crippen molar-refractivity contribution in [3.63, 3.8) is 0 Å². The van der Waals surface area contributed by atoms with Gasteiger partial charge in [-0.3, -0.25) is 0 Å². The van der Waals surface area contributed by atoms with E-state index in [0.717, 1.165) is 42.1 Å². The summed E-state index contributed by atoms with van der Waals surface area (Å²) < 4.78 is 1.95. The third-order valence-electron chi connectivity index (χ3n) is 4.21. The van der Waals surface area contributed by atoms with Gasteiger partial charge in [-0.1, -0.05) is 37.6 Å². The fourth-order valence-electron chi connectivity index (χ4n) is 2.67. The lowest BCUT2D eigenvalue weighted by atomic mass is 9.86. The zero-order chi connectivity index (χ0) is 19.2. The molecule has 2 rings (SSSR count). The van der Waals surface area contributed by atoms with E-state index >= 15 is 0 Å². The number of aryl methyl sites for hydroxylation is 1. The van der Waals surface area contributed by atoms with Crippen molar-refractivity contribution in [2.75, 3.05) is 13.1 Å². The molecule has 0 saturated heterocycles. The van der Waals surface area contributed by atoms with Gasteiger partial charge in [0, 0.05) is 25.2 Å². The molecule has 26 heavy (non-hydrogen) atoms. The first-order chi connectivity index (χ1) is 12.3. The van der Waals surface area contributed by atoms with Gasteiger partial charge < -0.3 is 15.2 Å². The van der Waals surface area contributed by atoms with Gasteiger partial charge in [0.1, 0.15) is 12.4 Å². The molecule has 0 spiro atoms. The quantitative estimate of drug-likeness (QED) is 0.575. The summed E-state index contributed by atoms with van der Waals surface area (Å²) in [5.74, 6) is 2.51. The third kappa shape index (κ3) is 6.02. The van der Waals surface area contributed by atoms with Crippen LogP contribution in [0.4, 0.5) is 0 Å². The zero-order valence-electron chi connectivity index (χ0n) is 16.3. The van der Waals surface area contributed by atoms with Crippen LogP contribution in [0.1, 0.15) is 38.0 Å². The Morgan fingerprint density at radius 2 is 2.04 bits per heavy atom. The molecule has 2 N–H and O–H groups in total. The van der Waals surface area contributed by atoms with Crippen LogP contribution in [0.15, 0.2) is 29.3 Å². The fourth-order valence-corrected chi connectivity index (χ4v) is 2.88. The number of nitrogens with zero attached hydrogens (tertiary/aromatic N) is 4. The average molecular weight is 377 g/mol. The summed E-state index contributed by atoms with van der Waals surface area (Å²) in [5, 5.41) is 15.7. The topological polar surface area (TPSA) is 67.1 Å². The third-order valence-corrected chi connectivity index (χ3v) is 4.45. The number of aromatic nitrogens is 3. The van der Waals surface area contributed by atoms with Crippen LogP contribution in [0, 0.1) is 12.3 Å². The maximum absolute atomic E-state index is 6.10. The molecular weight excluding hydrogens is 348 g/mol. The van der Waals surface area contributed by atoms with Crippen molar-refractivity contribution < 1.29 is 0 Å². The summed E-state index contributed by atoms with van der Waals surface area (Å²) in [5.41, 5.74) is 1.29. The lowest BCUT2D eigenvalue weighted by molar-refractivity contribution is 0.359. The van der Waals surface area contributed by atoms with Gasteiger partial charge in [-0.05, 0) is 43.4 Å². The number of guanidine groups is 1.